The Kier molecular flexibility index (Phi) is 6.28. The molecule has 5 N–H and O–H groups in total. The van der Waals surface area contributed by atoms with Gasteiger partial charge in [0.15, 0.2) is 0 Å². The van der Waals surface area contributed by atoms with Crippen molar-refractivity contribution >= 4 is 11.8 Å². The summed E-state index contributed by atoms with van der Waals surface area (Å²) in [4.78, 5) is 14.0. The number of rotatable bonds is 6. The lowest BCUT2D eigenvalue weighted by atomic mass is 10.1. The van der Waals surface area contributed by atoms with Crippen molar-refractivity contribution in [3.05, 3.63) is 11.9 Å². The molecule has 5 nitrogen and oxygen atoms in total. The number of hydrogen-bond donors (Lipinski definition) is 3. The van der Waals surface area contributed by atoms with E-state index in [0.29, 0.717) is 5.84 Å². The number of nitrogens with zero attached hydrogens (tertiary/aromatic N) is 1. The van der Waals surface area contributed by atoms with Crippen molar-refractivity contribution in [2.75, 3.05) is 6.54 Å². The predicted molar refractivity (Wildman–Crippen MR) is 58.3 cm³/mol. The molecule has 0 aliphatic rings. The molecule has 0 bridgehead atoms. The van der Waals surface area contributed by atoms with Gasteiger partial charge in [0.2, 0.25) is 0 Å². The fourth-order valence-electron chi connectivity index (χ4n) is 0.808. The average molecular weight is 219 g/mol. The van der Waals surface area contributed by atoms with Crippen LogP contribution in [0.1, 0.15) is 21.2 Å². The van der Waals surface area contributed by atoms with E-state index in [1.807, 2.05) is 0 Å². The standard InChI is InChI=1S/C9H16FN3O2.H2/c1-6(11)13-5-7(10)3-2-4-8(12)9(14)15;/h3,8H,2,4-5,12H2,1H3,(H2,11,13)(H,14,15);1H/b7-3+;/t8-;/m0./s1. The Labute approximate surface area is 89.2 Å². The molecule has 0 saturated heterocycles. The average Bonchev–Trinajstić information content (AvgIpc) is 2.14. The molecule has 0 aliphatic heterocycles. The highest BCUT2D eigenvalue weighted by atomic mass is 19.1. The minimum Gasteiger partial charge on any atom is -0.480 e. The van der Waals surface area contributed by atoms with Crippen LogP contribution in [0, 0.1) is 0 Å². The molecular formula is C9H18FN3O2. The first-order chi connectivity index (χ1) is 6.93. The van der Waals surface area contributed by atoms with Gasteiger partial charge >= 0.3 is 5.97 Å². The minimum absolute atomic E-state index is 0. The minimum atomic E-state index is -1.08. The zero-order valence-electron chi connectivity index (χ0n) is 8.61. The molecule has 0 rings (SSSR count). The summed E-state index contributed by atoms with van der Waals surface area (Å²) in [5.41, 5.74) is 10.4. The maximum Gasteiger partial charge on any atom is 0.320 e. The number of allylic oxidation sites excluding steroid dienone is 1. The number of aliphatic imine (C=N–C) groups is 1. The Balaban J connectivity index is 0. The molecule has 1 atom stereocenters. The maximum absolute atomic E-state index is 12.9. The van der Waals surface area contributed by atoms with Gasteiger partial charge in [0, 0.05) is 1.43 Å². The number of hydrogen-bond acceptors (Lipinski definition) is 3. The molecule has 0 saturated carbocycles. The van der Waals surface area contributed by atoms with E-state index in [4.69, 9.17) is 16.6 Å². The monoisotopic (exact) mass is 219 g/mol. The molecule has 0 fully saturated rings. The lowest BCUT2D eigenvalue weighted by Gasteiger charge is -2.02. The molecule has 0 aromatic rings. The number of aliphatic carboxylic acids is 1. The molecular weight excluding hydrogens is 201 g/mol. The van der Waals surface area contributed by atoms with E-state index in [1.165, 1.54) is 6.08 Å². The second-order valence-corrected chi connectivity index (χ2v) is 3.13. The number of amidine groups is 1. The van der Waals surface area contributed by atoms with Crippen LogP contribution in [0.25, 0.3) is 0 Å². The highest BCUT2D eigenvalue weighted by molar-refractivity contribution is 5.77. The number of halogens is 1. The maximum atomic E-state index is 12.9. The second-order valence-electron chi connectivity index (χ2n) is 3.13. The summed E-state index contributed by atoms with van der Waals surface area (Å²) in [5, 5.41) is 8.45. The first kappa shape index (κ1) is 13.6. The third-order valence-corrected chi connectivity index (χ3v) is 1.64. The fourth-order valence-corrected chi connectivity index (χ4v) is 0.808. The van der Waals surface area contributed by atoms with E-state index < -0.39 is 17.8 Å². The summed E-state index contributed by atoms with van der Waals surface area (Å²) in [6, 6.07) is -0.950. The molecule has 88 valence electrons. The number of nitrogens with two attached hydrogens (primary N) is 2. The molecule has 6 heteroatoms. The summed E-state index contributed by atoms with van der Waals surface area (Å²) < 4.78 is 12.9. The van der Waals surface area contributed by atoms with Gasteiger partial charge in [0.25, 0.3) is 0 Å². The van der Waals surface area contributed by atoms with E-state index in [2.05, 4.69) is 4.99 Å². The van der Waals surface area contributed by atoms with Gasteiger partial charge in [-0.1, -0.05) is 6.08 Å². The van der Waals surface area contributed by atoms with Crippen LogP contribution in [0.3, 0.4) is 0 Å². The highest BCUT2D eigenvalue weighted by Crippen LogP contribution is 2.03. The summed E-state index contributed by atoms with van der Waals surface area (Å²) in [7, 11) is 0. The fraction of sp³-hybridized carbons (Fsp3) is 0.556. The van der Waals surface area contributed by atoms with Gasteiger partial charge < -0.3 is 16.6 Å². The van der Waals surface area contributed by atoms with E-state index in [1.54, 1.807) is 6.92 Å². The molecule has 0 heterocycles. The zero-order chi connectivity index (χ0) is 11.8. The van der Waals surface area contributed by atoms with Crippen LogP contribution in [-0.4, -0.2) is 29.5 Å². The smallest absolute Gasteiger partial charge is 0.320 e. The molecule has 0 aliphatic carbocycles. The van der Waals surface area contributed by atoms with Gasteiger partial charge in [-0.3, -0.25) is 9.79 Å². The normalized spacial score (nSPS) is 15.1. The van der Waals surface area contributed by atoms with Gasteiger partial charge in [-0.05, 0) is 19.8 Å². The Bertz CT molecular complexity index is 278. The van der Waals surface area contributed by atoms with E-state index in [9.17, 15) is 9.18 Å². The van der Waals surface area contributed by atoms with Crippen molar-refractivity contribution in [3.63, 3.8) is 0 Å². The van der Waals surface area contributed by atoms with Gasteiger partial charge in [-0.2, -0.15) is 0 Å². The summed E-state index contributed by atoms with van der Waals surface area (Å²) in [6.07, 6.45) is 1.75. The number of carbonyl (C=O) groups is 1. The third-order valence-electron chi connectivity index (χ3n) is 1.64. The van der Waals surface area contributed by atoms with Crippen LogP contribution in [0.2, 0.25) is 0 Å². The van der Waals surface area contributed by atoms with Gasteiger partial charge in [0.1, 0.15) is 11.9 Å². The molecule has 0 radical (unpaired) electrons. The van der Waals surface area contributed by atoms with Crippen LogP contribution >= 0.6 is 0 Å². The highest BCUT2D eigenvalue weighted by Gasteiger charge is 2.09. The Hall–Kier alpha value is -1.43. The summed E-state index contributed by atoms with van der Waals surface area (Å²) >= 11 is 0. The molecule has 0 amide bonds. The largest absolute Gasteiger partial charge is 0.480 e. The van der Waals surface area contributed by atoms with Crippen LogP contribution in [0.5, 0.6) is 0 Å². The Morgan fingerprint density at radius 1 is 1.73 bits per heavy atom. The van der Waals surface area contributed by atoms with E-state index >= 15 is 0 Å². The zero-order valence-corrected chi connectivity index (χ0v) is 8.61. The van der Waals surface area contributed by atoms with E-state index in [0.717, 1.165) is 0 Å². The van der Waals surface area contributed by atoms with Crippen molar-refractivity contribution in [1.29, 1.82) is 0 Å². The van der Waals surface area contributed by atoms with Crippen LogP contribution < -0.4 is 11.5 Å². The first-order valence-corrected chi connectivity index (χ1v) is 4.53. The van der Waals surface area contributed by atoms with Gasteiger partial charge in [0.05, 0.1) is 12.4 Å². The number of carboxylic acids is 1. The van der Waals surface area contributed by atoms with Crippen molar-refractivity contribution in [2.24, 2.45) is 16.5 Å². The molecule has 0 aromatic heterocycles. The van der Waals surface area contributed by atoms with Crippen molar-refractivity contribution < 1.29 is 15.7 Å². The SMILES string of the molecule is CC(N)=NC/C(F)=C\CC[C@H](N)C(=O)O.[HH]. The molecule has 0 unspecified atom stereocenters. The summed E-state index contributed by atoms with van der Waals surface area (Å²) in [5.74, 6) is -1.21. The first-order valence-electron chi connectivity index (χ1n) is 4.53. The van der Waals surface area contributed by atoms with Crippen LogP contribution in [-0.2, 0) is 4.79 Å². The Morgan fingerprint density at radius 2 is 2.33 bits per heavy atom. The lowest BCUT2D eigenvalue weighted by Crippen LogP contribution is -2.29. The molecule has 15 heavy (non-hydrogen) atoms. The van der Waals surface area contributed by atoms with Gasteiger partial charge in [-0.15, -0.1) is 0 Å². The van der Waals surface area contributed by atoms with Gasteiger partial charge in [-0.25, -0.2) is 4.39 Å². The Morgan fingerprint density at radius 3 is 2.80 bits per heavy atom. The topological polar surface area (TPSA) is 102 Å². The van der Waals surface area contributed by atoms with Crippen molar-refractivity contribution in [3.8, 4) is 0 Å². The van der Waals surface area contributed by atoms with Crippen LogP contribution in [0.15, 0.2) is 16.9 Å². The molecule has 0 aromatic carbocycles. The van der Waals surface area contributed by atoms with Crippen molar-refractivity contribution in [2.45, 2.75) is 25.8 Å². The third kappa shape index (κ3) is 7.63. The summed E-state index contributed by atoms with van der Waals surface area (Å²) in [6.45, 7) is 1.46. The quantitative estimate of drug-likeness (QED) is 0.451. The van der Waals surface area contributed by atoms with Crippen molar-refractivity contribution in [1.82, 2.24) is 0 Å². The molecule has 0 spiro atoms. The predicted octanol–water partition coefficient (Wildman–Crippen LogP) is 0.655. The number of carboxylic acid groups (broad SMARTS) is 1. The van der Waals surface area contributed by atoms with Crippen LogP contribution in [0.4, 0.5) is 4.39 Å². The second kappa shape index (κ2) is 6.94. The lowest BCUT2D eigenvalue weighted by molar-refractivity contribution is -0.138. The van der Waals surface area contributed by atoms with E-state index in [-0.39, 0.29) is 20.8 Å².